The van der Waals surface area contributed by atoms with Gasteiger partial charge in [-0.25, -0.2) is 0 Å². The van der Waals surface area contributed by atoms with Gasteiger partial charge < -0.3 is 15.6 Å². The van der Waals surface area contributed by atoms with Crippen LogP contribution in [0, 0.1) is 0 Å². The van der Waals surface area contributed by atoms with Crippen molar-refractivity contribution in [3.05, 3.63) is 0 Å². The van der Waals surface area contributed by atoms with Crippen LogP contribution in [-0.4, -0.2) is 30.5 Å². The molecular weight excluding hydrogens is 130 g/mol. The van der Waals surface area contributed by atoms with Gasteiger partial charge in [-0.05, 0) is 19.3 Å². The van der Waals surface area contributed by atoms with Gasteiger partial charge in [-0.1, -0.05) is 0 Å². The fourth-order valence-corrected chi connectivity index (χ4v) is 1.43. The zero-order chi connectivity index (χ0) is 7.56. The molecule has 0 saturated heterocycles. The molecule has 0 unspecified atom stereocenters. The zero-order valence-corrected chi connectivity index (χ0v) is 6.29. The molecule has 0 aromatic rings. The maximum atomic E-state index is 9.39. The number of aliphatic hydroxyl groups excluding tert-OH is 1. The molecule has 0 heterocycles. The van der Waals surface area contributed by atoms with Crippen LogP contribution in [0.25, 0.3) is 0 Å². The van der Waals surface area contributed by atoms with Gasteiger partial charge in [0.15, 0.2) is 0 Å². The van der Waals surface area contributed by atoms with Crippen LogP contribution in [0.3, 0.4) is 0 Å². The molecule has 3 N–H and O–H groups in total. The lowest BCUT2D eigenvalue weighted by molar-refractivity contribution is -0.0457. The topological polar surface area (TPSA) is 55.5 Å². The number of aliphatic hydroxyl groups is 1. The average molecular weight is 145 g/mol. The fourth-order valence-electron chi connectivity index (χ4n) is 1.43. The predicted octanol–water partition coefficient (Wildman–Crippen LogP) is -0.126. The SMILES string of the molecule is CO[C@H]1CCC[C@H](N)[C@H]1O. The molecule has 0 aromatic heterocycles. The molecule has 3 nitrogen and oxygen atoms in total. The number of rotatable bonds is 1. The molecule has 0 spiro atoms. The molecule has 60 valence electrons. The molecule has 0 aromatic carbocycles. The van der Waals surface area contributed by atoms with Crippen LogP contribution in [0.4, 0.5) is 0 Å². The number of nitrogens with two attached hydrogens (primary N) is 1. The standard InChI is InChI=1S/C7H15NO2/c1-10-6-4-2-3-5(8)7(6)9/h5-7,9H,2-4,8H2,1H3/t5-,6-,7+/m0/s1. The maximum Gasteiger partial charge on any atom is 0.0952 e. The van der Waals surface area contributed by atoms with Crippen LogP contribution >= 0.6 is 0 Å². The molecule has 0 bridgehead atoms. The number of methoxy groups -OCH3 is 1. The zero-order valence-electron chi connectivity index (χ0n) is 6.29. The van der Waals surface area contributed by atoms with E-state index < -0.39 is 6.10 Å². The second-order valence-electron chi connectivity index (χ2n) is 2.86. The minimum absolute atomic E-state index is 0.0382. The van der Waals surface area contributed by atoms with E-state index >= 15 is 0 Å². The summed E-state index contributed by atoms with van der Waals surface area (Å²) in [5, 5.41) is 9.39. The Morgan fingerprint density at radius 3 is 2.70 bits per heavy atom. The smallest absolute Gasteiger partial charge is 0.0952 e. The number of hydrogen-bond donors (Lipinski definition) is 2. The van der Waals surface area contributed by atoms with Gasteiger partial charge in [0.25, 0.3) is 0 Å². The first kappa shape index (κ1) is 7.98. The van der Waals surface area contributed by atoms with Crippen molar-refractivity contribution in [2.24, 2.45) is 5.73 Å². The van der Waals surface area contributed by atoms with Crippen molar-refractivity contribution in [1.29, 1.82) is 0 Å². The molecular formula is C7H15NO2. The van der Waals surface area contributed by atoms with Gasteiger partial charge in [-0.15, -0.1) is 0 Å². The van der Waals surface area contributed by atoms with Gasteiger partial charge >= 0.3 is 0 Å². The van der Waals surface area contributed by atoms with Gasteiger partial charge in [0.05, 0.1) is 12.2 Å². The van der Waals surface area contributed by atoms with E-state index in [1.807, 2.05) is 0 Å². The summed E-state index contributed by atoms with van der Waals surface area (Å²) in [4.78, 5) is 0. The molecule has 0 radical (unpaired) electrons. The van der Waals surface area contributed by atoms with E-state index in [4.69, 9.17) is 10.5 Å². The van der Waals surface area contributed by atoms with Gasteiger partial charge in [0.2, 0.25) is 0 Å². The van der Waals surface area contributed by atoms with Crippen LogP contribution in [0.1, 0.15) is 19.3 Å². The Bertz CT molecular complexity index is 108. The molecule has 1 aliphatic carbocycles. The van der Waals surface area contributed by atoms with E-state index in [0.29, 0.717) is 0 Å². The van der Waals surface area contributed by atoms with Crippen LogP contribution < -0.4 is 5.73 Å². The molecule has 1 rings (SSSR count). The van der Waals surface area contributed by atoms with E-state index in [1.54, 1.807) is 7.11 Å². The second kappa shape index (κ2) is 3.32. The van der Waals surface area contributed by atoms with Crippen LogP contribution in [0.5, 0.6) is 0 Å². The highest BCUT2D eigenvalue weighted by Gasteiger charge is 2.28. The summed E-state index contributed by atoms with van der Waals surface area (Å²) in [6.07, 6.45) is 2.42. The van der Waals surface area contributed by atoms with Gasteiger partial charge in [-0.2, -0.15) is 0 Å². The summed E-state index contributed by atoms with van der Waals surface area (Å²) < 4.78 is 5.04. The first-order valence-corrected chi connectivity index (χ1v) is 3.72. The van der Waals surface area contributed by atoms with E-state index in [1.165, 1.54) is 0 Å². The third-order valence-electron chi connectivity index (χ3n) is 2.15. The van der Waals surface area contributed by atoms with E-state index in [2.05, 4.69) is 0 Å². The van der Waals surface area contributed by atoms with Crippen LogP contribution in [0.15, 0.2) is 0 Å². The third-order valence-corrected chi connectivity index (χ3v) is 2.15. The van der Waals surface area contributed by atoms with Crippen molar-refractivity contribution in [2.75, 3.05) is 7.11 Å². The average Bonchev–Trinajstić information content (AvgIpc) is 1.95. The quantitative estimate of drug-likeness (QED) is 0.540. The molecule has 10 heavy (non-hydrogen) atoms. The molecule has 0 amide bonds. The molecule has 0 aliphatic heterocycles. The highest BCUT2D eigenvalue weighted by atomic mass is 16.5. The largest absolute Gasteiger partial charge is 0.389 e. The van der Waals surface area contributed by atoms with Crippen molar-refractivity contribution in [3.8, 4) is 0 Å². The third kappa shape index (κ3) is 1.48. The van der Waals surface area contributed by atoms with Crippen molar-refractivity contribution in [2.45, 2.75) is 37.5 Å². The Kier molecular flexibility index (Phi) is 2.65. The highest BCUT2D eigenvalue weighted by molar-refractivity contribution is 4.84. The Hall–Kier alpha value is -0.120. The van der Waals surface area contributed by atoms with Gasteiger partial charge in [-0.3, -0.25) is 0 Å². The lowest BCUT2D eigenvalue weighted by atomic mass is 9.91. The monoisotopic (exact) mass is 145 g/mol. The summed E-state index contributed by atoms with van der Waals surface area (Å²) in [5.41, 5.74) is 5.61. The normalized spacial score (nSPS) is 41.7. The molecule has 3 heteroatoms. The lowest BCUT2D eigenvalue weighted by Crippen LogP contribution is -2.46. The van der Waals surface area contributed by atoms with Crippen LogP contribution in [-0.2, 0) is 4.74 Å². The predicted molar refractivity (Wildman–Crippen MR) is 38.6 cm³/mol. The summed E-state index contributed by atoms with van der Waals surface area (Å²) in [6.45, 7) is 0. The van der Waals surface area contributed by atoms with Crippen molar-refractivity contribution in [1.82, 2.24) is 0 Å². The lowest BCUT2D eigenvalue weighted by Gasteiger charge is -2.31. The first-order valence-electron chi connectivity index (χ1n) is 3.72. The molecule has 1 aliphatic rings. The van der Waals surface area contributed by atoms with Gasteiger partial charge in [0.1, 0.15) is 0 Å². The Morgan fingerprint density at radius 2 is 2.20 bits per heavy atom. The van der Waals surface area contributed by atoms with Gasteiger partial charge in [0, 0.05) is 13.2 Å². The number of hydrogen-bond acceptors (Lipinski definition) is 3. The molecule has 3 atom stereocenters. The van der Waals surface area contributed by atoms with Crippen molar-refractivity contribution in [3.63, 3.8) is 0 Å². The summed E-state index contributed by atoms with van der Waals surface area (Å²) in [7, 11) is 1.62. The highest BCUT2D eigenvalue weighted by Crippen LogP contribution is 2.19. The Balaban J connectivity index is 2.42. The summed E-state index contributed by atoms with van der Waals surface area (Å²) >= 11 is 0. The van der Waals surface area contributed by atoms with Crippen LogP contribution in [0.2, 0.25) is 0 Å². The Morgan fingerprint density at radius 1 is 1.50 bits per heavy atom. The van der Waals surface area contributed by atoms with E-state index in [0.717, 1.165) is 19.3 Å². The molecule has 1 fully saturated rings. The minimum Gasteiger partial charge on any atom is -0.389 e. The molecule has 1 saturated carbocycles. The first-order chi connectivity index (χ1) is 4.75. The van der Waals surface area contributed by atoms with Crippen molar-refractivity contribution >= 4 is 0 Å². The Labute approximate surface area is 61.2 Å². The van der Waals surface area contributed by atoms with E-state index in [-0.39, 0.29) is 12.1 Å². The summed E-state index contributed by atoms with van der Waals surface area (Å²) in [5.74, 6) is 0. The second-order valence-corrected chi connectivity index (χ2v) is 2.86. The van der Waals surface area contributed by atoms with Crippen molar-refractivity contribution < 1.29 is 9.84 Å². The summed E-state index contributed by atoms with van der Waals surface area (Å²) in [6, 6.07) is -0.0845. The number of ether oxygens (including phenoxy) is 1. The van der Waals surface area contributed by atoms with E-state index in [9.17, 15) is 5.11 Å². The minimum atomic E-state index is -0.459. The fraction of sp³-hybridized carbons (Fsp3) is 1.00. The maximum absolute atomic E-state index is 9.39.